The third-order valence-electron chi connectivity index (χ3n) is 2.68. The van der Waals surface area contributed by atoms with E-state index in [2.05, 4.69) is 4.74 Å². The molecule has 0 fully saturated rings. The van der Waals surface area contributed by atoms with Crippen molar-refractivity contribution in [3.8, 4) is 0 Å². The Morgan fingerprint density at radius 3 is 2.48 bits per heavy atom. The molecule has 0 saturated heterocycles. The maximum absolute atomic E-state index is 12.2. The molecule has 0 radical (unpaired) electrons. The summed E-state index contributed by atoms with van der Waals surface area (Å²) >= 11 is 0. The first kappa shape index (κ1) is 17.1. The summed E-state index contributed by atoms with van der Waals surface area (Å²) in [4.78, 5) is 21.9. The molecule has 9 heteroatoms. The molecule has 0 heterocycles. The summed E-state index contributed by atoms with van der Waals surface area (Å²) in [6.45, 7) is 0.592. The number of aliphatic carboxylic acids is 1. The fourth-order valence-electron chi connectivity index (χ4n) is 1.55. The van der Waals surface area contributed by atoms with Crippen LogP contribution in [0.1, 0.15) is 15.9 Å². The van der Waals surface area contributed by atoms with Crippen molar-refractivity contribution in [2.24, 2.45) is 0 Å². The Bertz CT molecular complexity index is 654. The standard InChI is InChI=1S/C12H15NO7S/c1-7-3-4-8(12(17)20-2)5-10(7)21(18,19)13-9(6-14)11(15)16/h3-5,9,13-14H,6H2,1-2H3,(H,15,16)/t9-/m1/s1. The molecule has 0 unspecified atom stereocenters. The highest BCUT2D eigenvalue weighted by atomic mass is 32.2. The van der Waals surface area contributed by atoms with Gasteiger partial charge in [0.25, 0.3) is 0 Å². The van der Waals surface area contributed by atoms with Crippen LogP contribution in [0.3, 0.4) is 0 Å². The molecule has 0 spiro atoms. The van der Waals surface area contributed by atoms with Gasteiger partial charge in [-0.1, -0.05) is 6.07 Å². The molecule has 0 aliphatic heterocycles. The van der Waals surface area contributed by atoms with Crippen LogP contribution in [0.2, 0.25) is 0 Å². The Morgan fingerprint density at radius 1 is 1.38 bits per heavy atom. The topological polar surface area (TPSA) is 130 Å². The van der Waals surface area contributed by atoms with Gasteiger partial charge in [0.1, 0.15) is 6.04 Å². The Hall–Kier alpha value is -1.97. The van der Waals surface area contributed by atoms with Crippen LogP contribution >= 0.6 is 0 Å². The highest BCUT2D eigenvalue weighted by Gasteiger charge is 2.26. The van der Waals surface area contributed by atoms with E-state index in [0.717, 1.165) is 13.2 Å². The van der Waals surface area contributed by atoms with Gasteiger partial charge >= 0.3 is 11.9 Å². The Balaban J connectivity index is 3.24. The molecule has 0 saturated carbocycles. The maximum atomic E-state index is 12.2. The lowest BCUT2D eigenvalue weighted by atomic mass is 10.1. The largest absolute Gasteiger partial charge is 0.480 e. The summed E-state index contributed by atoms with van der Waals surface area (Å²) in [7, 11) is -3.06. The fraction of sp³-hybridized carbons (Fsp3) is 0.333. The number of carbonyl (C=O) groups excluding carboxylic acids is 1. The molecule has 0 aliphatic rings. The number of carbonyl (C=O) groups is 2. The molecule has 0 amide bonds. The molecule has 1 rings (SSSR count). The Kier molecular flexibility index (Phi) is 5.41. The number of esters is 1. The van der Waals surface area contributed by atoms with E-state index >= 15 is 0 Å². The number of hydrogen-bond donors (Lipinski definition) is 3. The van der Waals surface area contributed by atoms with Crippen molar-refractivity contribution in [2.75, 3.05) is 13.7 Å². The zero-order chi connectivity index (χ0) is 16.2. The van der Waals surface area contributed by atoms with Gasteiger partial charge in [0.2, 0.25) is 10.0 Å². The molecule has 1 aromatic carbocycles. The molecule has 0 bridgehead atoms. The van der Waals surface area contributed by atoms with Crippen molar-refractivity contribution in [1.82, 2.24) is 4.72 Å². The number of rotatable bonds is 6. The lowest BCUT2D eigenvalue weighted by molar-refractivity contribution is -0.139. The van der Waals surface area contributed by atoms with Crippen molar-refractivity contribution < 1.29 is 33.0 Å². The number of benzene rings is 1. The van der Waals surface area contributed by atoms with Crippen molar-refractivity contribution in [3.05, 3.63) is 29.3 Å². The van der Waals surface area contributed by atoms with Crippen molar-refractivity contribution in [1.29, 1.82) is 0 Å². The molecule has 21 heavy (non-hydrogen) atoms. The summed E-state index contributed by atoms with van der Waals surface area (Å²) < 4.78 is 30.7. The summed E-state index contributed by atoms with van der Waals surface area (Å²) in [5, 5.41) is 17.6. The second-order valence-corrected chi connectivity index (χ2v) is 5.85. The predicted octanol–water partition coefficient (Wildman–Crippen LogP) is -0.495. The average Bonchev–Trinajstić information content (AvgIpc) is 2.43. The van der Waals surface area contributed by atoms with Crippen LogP contribution in [-0.2, 0) is 19.6 Å². The molecule has 1 atom stereocenters. The quantitative estimate of drug-likeness (QED) is 0.603. The number of methoxy groups -OCH3 is 1. The van der Waals surface area contributed by atoms with Crippen LogP contribution in [0.5, 0.6) is 0 Å². The zero-order valence-electron chi connectivity index (χ0n) is 11.4. The first-order chi connectivity index (χ1) is 9.72. The highest BCUT2D eigenvalue weighted by molar-refractivity contribution is 7.89. The number of carboxylic acids is 1. The number of aryl methyl sites for hydroxylation is 1. The normalized spacial score (nSPS) is 12.7. The van der Waals surface area contributed by atoms with Crippen LogP contribution in [0, 0.1) is 6.92 Å². The molecule has 3 N–H and O–H groups in total. The SMILES string of the molecule is COC(=O)c1ccc(C)c(S(=O)(=O)N[C@H](CO)C(=O)O)c1. The lowest BCUT2D eigenvalue weighted by Crippen LogP contribution is -2.43. The minimum absolute atomic E-state index is 0.0133. The summed E-state index contributed by atoms with van der Waals surface area (Å²) in [5.74, 6) is -2.23. The minimum atomic E-state index is -4.21. The molecular formula is C12H15NO7S. The van der Waals surface area contributed by atoms with Crippen LogP contribution in [0.15, 0.2) is 23.1 Å². The van der Waals surface area contributed by atoms with Gasteiger partial charge in [-0.15, -0.1) is 0 Å². The van der Waals surface area contributed by atoms with Gasteiger partial charge in [0.15, 0.2) is 0 Å². The molecule has 0 aliphatic carbocycles. The van der Waals surface area contributed by atoms with E-state index in [9.17, 15) is 18.0 Å². The van der Waals surface area contributed by atoms with Gasteiger partial charge in [-0.2, -0.15) is 4.72 Å². The second kappa shape index (κ2) is 6.66. The van der Waals surface area contributed by atoms with E-state index in [0.29, 0.717) is 5.56 Å². The van der Waals surface area contributed by atoms with Gasteiger partial charge in [-0.05, 0) is 24.6 Å². The van der Waals surface area contributed by atoms with E-state index in [1.165, 1.54) is 19.1 Å². The van der Waals surface area contributed by atoms with E-state index in [-0.39, 0.29) is 10.5 Å². The lowest BCUT2D eigenvalue weighted by Gasteiger charge is -2.14. The molecule has 1 aromatic rings. The smallest absolute Gasteiger partial charge is 0.337 e. The molecule has 116 valence electrons. The number of carboxylic acid groups (broad SMARTS) is 1. The Labute approximate surface area is 121 Å². The third-order valence-corrected chi connectivity index (χ3v) is 4.29. The second-order valence-electron chi connectivity index (χ2n) is 4.17. The number of sulfonamides is 1. The van der Waals surface area contributed by atoms with E-state index < -0.39 is 34.6 Å². The zero-order valence-corrected chi connectivity index (χ0v) is 12.2. The molecule has 0 aromatic heterocycles. The summed E-state index contributed by atoms with van der Waals surface area (Å²) in [5.41, 5.74) is 0.330. The van der Waals surface area contributed by atoms with Crippen LogP contribution in [-0.4, -0.2) is 50.3 Å². The first-order valence-corrected chi connectivity index (χ1v) is 7.26. The number of aliphatic hydroxyl groups is 1. The van der Waals surface area contributed by atoms with Crippen LogP contribution < -0.4 is 4.72 Å². The van der Waals surface area contributed by atoms with Gasteiger partial charge in [-0.3, -0.25) is 4.79 Å². The predicted molar refractivity (Wildman–Crippen MR) is 71.3 cm³/mol. The first-order valence-electron chi connectivity index (χ1n) is 5.78. The number of hydrogen-bond acceptors (Lipinski definition) is 6. The maximum Gasteiger partial charge on any atom is 0.337 e. The number of aliphatic hydroxyl groups excluding tert-OH is 1. The number of nitrogens with one attached hydrogen (secondary N) is 1. The van der Waals surface area contributed by atoms with E-state index in [1.807, 2.05) is 4.72 Å². The van der Waals surface area contributed by atoms with Crippen LogP contribution in [0.4, 0.5) is 0 Å². The minimum Gasteiger partial charge on any atom is -0.480 e. The van der Waals surface area contributed by atoms with Gasteiger partial charge in [0.05, 0.1) is 24.2 Å². The van der Waals surface area contributed by atoms with Gasteiger partial charge in [-0.25, -0.2) is 13.2 Å². The van der Waals surface area contributed by atoms with Gasteiger partial charge < -0.3 is 14.9 Å². The van der Waals surface area contributed by atoms with Crippen molar-refractivity contribution >= 4 is 22.0 Å². The van der Waals surface area contributed by atoms with Crippen molar-refractivity contribution in [3.63, 3.8) is 0 Å². The fourth-order valence-corrected chi connectivity index (χ4v) is 3.00. The highest BCUT2D eigenvalue weighted by Crippen LogP contribution is 2.18. The monoisotopic (exact) mass is 317 g/mol. The van der Waals surface area contributed by atoms with Gasteiger partial charge in [0, 0.05) is 0 Å². The summed E-state index contributed by atoms with van der Waals surface area (Å²) in [6.07, 6.45) is 0. The van der Waals surface area contributed by atoms with Crippen molar-refractivity contribution in [2.45, 2.75) is 17.9 Å². The average molecular weight is 317 g/mol. The van der Waals surface area contributed by atoms with E-state index in [1.54, 1.807) is 0 Å². The summed E-state index contributed by atoms with van der Waals surface area (Å²) in [6, 6.07) is 2.20. The Morgan fingerprint density at radius 2 is 2.00 bits per heavy atom. The molecular weight excluding hydrogens is 302 g/mol. The van der Waals surface area contributed by atoms with E-state index in [4.69, 9.17) is 10.2 Å². The third kappa shape index (κ3) is 4.00. The number of ether oxygens (including phenoxy) is 1. The van der Waals surface area contributed by atoms with Crippen LogP contribution in [0.25, 0.3) is 0 Å². The molecule has 8 nitrogen and oxygen atoms in total.